The second kappa shape index (κ2) is 8.24. The van der Waals surface area contributed by atoms with Crippen molar-refractivity contribution in [2.24, 2.45) is 0 Å². The first kappa shape index (κ1) is 20.2. The van der Waals surface area contributed by atoms with Crippen molar-refractivity contribution in [3.63, 3.8) is 0 Å². The van der Waals surface area contributed by atoms with E-state index in [9.17, 15) is 4.79 Å². The normalized spacial score (nSPS) is 11.1. The third-order valence-electron chi connectivity index (χ3n) is 4.57. The fraction of sp³-hybridized carbons (Fsp3) is 0.174. The molecule has 0 aromatic heterocycles. The van der Waals surface area contributed by atoms with E-state index in [1.807, 2.05) is 13.8 Å². The van der Waals surface area contributed by atoms with Crippen LogP contribution >= 0.6 is 0 Å². The first-order valence-corrected chi connectivity index (χ1v) is 9.22. The Bertz CT molecular complexity index is 931. The van der Waals surface area contributed by atoms with E-state index < -0.39 is 5.54 Å². The number of Topliss-reactive ketones (excluding diaryl/α,β-unsaturated/α-hetero) is 1. The zero-order valence-electron chi connectivity index (χ0n) is 16.7. The van der Waals surface area contributed by atoms with Crippen molar-refractivity contribution in [2.75, 3.05) is 18.5 Å². The molecule has 0 heterocycles. The van der Waals surface area contributed by atoms with Crippen LogP contribution in [0.2, 0.25) is 0 Å². The minimum Gasteiger partial charge on any atom is -0.457 e. The molecule has 150 valence electrons. The molecule has 0 amide bonds. The first-order valence-electron chi connectivity index (χ1n) is 9.22. The van der Waals surface area contributed by atoms with Crippen LogP contribution in [0.5, 0.6) is 23.0 Å². The molecule has 0 aliphatic heterocycles. The van der Waals surface area contributed by atoms with Crippen LogP contribution in [0.4, 0.5) is 11.4 Å². The highest BCUT2D eigenvalue weighted by Crippen LogP contribution is 2.32. The van der Waals surface area contributed by atoms with Gasteiger partial charge in [0.2, 0.25) is 0 Å². The third-order valence-corrected chi connectivity index (χ3v) is 4.57. The van der Waals surface area contributed by atoms with Crippen molar-refractivity contribution in [2.45, 2.75) is 19.4 Å². The number of nitrogens with one attached hydrogen (secondary N) is 1. The predicted molar refractivity (Wildman–Crippen MR) is 116 cm³/mol. The zero-order valence-corrected chi connectivity index (χ0v) is 16.7. The van der Waals surface area contributed by atoms with Crippen molar-refractivity contribution < 1.29 is 14.3 Å². The van der Waals surface area contributed by atoms with Gasteiger partial charge in [-0.3, -0.25) is 4.79 Å². The van der Waals surface area contributed by atoms with Crippen LogP contribution in [-0.2, 0) is 0 Å². The summed E-state index contributed by atoms with van der Waals surface area (Å²) in [5.74, 6) is 2.10. The molecule has 0 aliphatic rings. The number of hydrogen-bond donors (Lipinski definition) is 3. The highest BCUT2D eigenvalue weighted by atomic mass is 16.5. The molecule has 3 aromatic rings. The fourth-order valence-corrected chi connectivity index (χ4v) is 2.64. The third kappa shape index (κ3) is 5.06. The van der Waals surface area contributed by atoms with Crippen LogP contribution < -0.4 is 26.3 Å². The van der Waals surface area contributed by atoms with Gasteiger partial charge in [0, 0.05) is 23.0 Å². The van der Waals surface area contributed by atoms with E-state index in [2.05, 4.69) is 5.32 Å². The number of carbonyl (C=O) groups excluding carboxylic acids is 1. The average Bonchev–Trinajstić information content (AvgIpc) is 2.70. The van der Waals surface area contributed by atoms with Crippen molar-refractivity contribution in [1.82, 2.24) is 5.32 Å². The van der Waals surface area contributed by atoms with Gasteiger partial charge in [-0.05, 0) is 81.6 Å². The van der Waals surface area contributed by atoms with Crippen LogP contribution in [0.15, 0.2) is 66.7 Å². The first-order chi connectivity index (χ1) is 13.8. The van der Waals surface area contributed by atoms with Gasteiger partial charge in [-0.25, -0.2) is 0 Å². The van der Waals surface area contributed by atoms with Gasteiger partial charge in [-0.2, -0.15) is 0 Å². The molecule has 0 aliphatic carbocycles. The summed E-state index contributed by atoms with van der Waals surface area (Å²) in [7, 11) is 1.75. The molecular formula is C23H25N3O3. The molecule has 5 N–H and O–H groups in total. The lowest BCUT2D eigenvalue weighted by atomic mass is 9.93. The molecule has 0 saturated heterocycles. The summed E-state index contributed by atoms with van der Waals surface area (Å²) in [5, 5.41) is 3.03. The Morgan fingerprint density at radius 1 is 0.759 bits per heavy atom. The Morgan fingerprint density at radius 2 is 1.17 bits per heavy atom. The summed E-state index contributed by atoms with van der Waals surface area (Å²) in [6.45, 7) is 3.65. The lowest BCUT2D eigenvalue weighted by molar-refractivity contribution is 0.0889. The number of hydrogen-bond acceptors (Lipinski definition) is 6. The molecule has 0 spiro atoms. The molecule has 6 nitrogen and oxygen atoms in total. The highest BCUT2D eigenvalue weighted by Gasteiger charge is 2.27. The second-order valence-corrected chi connectivity index (χ2v) is 7.24. The van der Waals surface area contributed by atoms with Gasteiger partial charge in [0.05, 0.1) is 5.54 Å². The molecule has 0 fully saturated rings. The van der Waals surface area contributed by atoms with E-state index >= 15 is 0 Å². The standard InChI is InChI=1S/C23H25N3O3/c1-23(2,26-3)22(27)15-12-20(28-18-8-4-16(24)5-9-18)14-21(13-15)29-19-10-6-17(25)7-11-19/h4-14,26H,24-25H2,1-3H3. The Labute approximate surface area is 170 Å². The van der Waals surface area contributed by atoms with E-state index in [4.69, 9.17) is 20.9 Å². The predicted octanol–water partition coefficient (Wildman–Crippen LogP) is 4.62. The molecule has 0 atom stereocenters. The van der Waals surface area contributed by atoms with Gasteiger partial charge in [0.25, 0.3) is 0 Å². The number of nitrogen functional groups attached to an aromatic ring is 2. The molecule has 0 unspecified atom stereocenters. The number of anilines is 2. The van der Waals surface area contributed by atoms with Crippen LogP contribution in [0.1, 0.15) is 24.2 Å². The number of benzene rings is 3. The maximum Gasteiger partial charge on any atom is 0.182 e. The SMILES string of the molecule is CNC(C)(C)C(=O)c1cc(Oc2ccc(N)cc2)cc(Oc2ccc(N)cc2)c1. The monoisotopic (exact) mass is 391 g/mol. The maximum absolute atomic E-state index is 13.0. The fourth-order valence-electron chi connectivity index (χ4n) is 2.64. The lowest BCUT2D eigenvalue weighted by Crippen LogP contribution is -2.44. The smallest absolute Gasteiger partial charge is 0.182 e. The Morgan fingerprint density at radius 3 is 1.55 bits per heavy atom. The van der Waals surface area contributed by atoms with Gasteiger partial charge < -0.3 is 26.3 Å². The average molecular weight is 391 g/mol. The molecule has 0 saturated carbocycles. The molecular weight excluding hydrogens is 366 g/mol. The molecule has 0 radical (unpaired) electrons. The molecule has 6 heteroatoms. The molecule has 0 bridgehead atoms. The molecule has 3 aromatic carbocycles. The number of likely N-dealkylation sites (N-methyl/N-ethyl adjacent to an activating group) is 1. The van der Waals surface area contributed by atoms with Gasteiger partial charge in [-0.15, -0.1) is 0 Å². The number of rotatable bonds is 7. The summed E-state index contributed by atoms with van der Waals surface area (Å²) in [4.78, 5) is 13.0. The molecule has 3 rings (SSSR count). The van der Waals surface area contributed by atoms with E-state index in [1.54, 1.807) is 73.8 Å². The van der Waals surface area contributed by atoms with Gasteiger partial charge in [0.1, 0.15) is 23.0 Å². The quantitative estimate of drug-likeness (QED) is 0.401. The lowest BCUT2D eigenvalue weighted by Gasteiger charge is -2.23. The number of ether oxygens (including phenoxy) is 2. The van der Waals surface area contributed by atoms with Gasteiger partial charge in [-0.1, -0.05) is 0 Å². The summed E-state index contributed by atoms with van der Waals surface area (Å²) in [6, 6.07) is 19.2. The number of nitrogens with two attached hydrogens (primary N) is 2. The largest absolute Gasteiger partial charge is 0.457 e. The maximum atomic E-state index is 13.0. The van der Waals surface area contributed by atoms with Crippen LogP contribution in [-0.4, -0.2) is 18.4 Å². The van der Waals surface area contributed by atoms with E-state index in [1.165, 1.54) is 0 Å². The highest BCUT2D eigenvalue weighted by molar-refractivity contribution is 6.03. The summed E-state index contributed by atoms with van der Waals surface area (Å²) >= 11 is 0. The van der Waals surface area contributed by atoms with Gasteiger partial charge in [0.15, 0.2) is 5.78 Å². The number of carbonyl (C=O) groups is 1. The minimum absolute atomic E-state index is 0.0788. The molecule has 29 heavy (non-hydrogen) atoms. The van der Waals surface area contributed by atoms with Crippen LogP contribution in [0.25, 0.3) is 0 Å². The van der Waals surface area contributed by atoms with E-state index in [0.717, 1.165) is 0 Å². The Kier molecular flexibility index (Phi) is 5.75. The van der Waals surface area contributed by atoms with Gasteiger partial charge >= 0.3 is 0 Å². The zero-order chi connectivity index (χ0) is 21.0. The number of ketones is 1. The minimum atomic E-state index is -0.738. The van der Waals surface area contributed by atoms with Crippen molar-refractivity contribution in [1.29, 1.82) is 0 Å². The van der Waals surface area contributed by atoms with Crippen LogP contribution in [0, 0.1) is 0 Å². The van der Waals surface area contributed by atoms with Crippen molar-refractivity contribution in [3.05, 3.63) is 72.3 Å². The van der Waals surface area contributed by atoms with E-state index in [0.29, 0.717) is 39.9 Å². The topological polar surface area (TPSA) is 99.6 Å². The van der Waals surface area contributed by atoms with E-state index in [-0.39, 0.29) is 5.78 Å². The Hall–Kier alpha value is -3.51. The van der Waals surface area contributed by atoms with Crippen molar-refractivity contribution in [3.8, 4) is 23.0 Å². The Balaban J connectivity index is 1.97. The summed E-state index contributed by atoms with van der Waals surface area (Å²) in [6.07, 6.45) is 0. The summed E-state index contributed by atoms with van der Waals surface area (Å²) in [5.41, 5.74) is 12.5. The van der Waals surface area contributed by atoms with Crippen LogP contribution in [0.3, 0.4) is 0 Å². The second-order valence-electron chi connectivity index (χ2n) is 7.24. The van der Waals surface area contributed by atoms with Crippen molar-refractivity contribution >= 4 is 17.2 Å². The summed E-state index contributed by atoms with van der Waals surface area (Å²) < 4.78 is 11.9.